The predicted octanol–water partition coefficient (Wildman–Crippen LogP) is 3.31. The van der Waals surface area contributed by atoms with Gasteiger partial charge in [-0.2, -0.15) is 8.42 Å². The molecule has 0 radical (unpaired) electrons. The monoisotopic (exact) mass is 286 g/mol. The molecule has 1 unspecified atom stereocenters. The molecule has 4 nitrogen and oxygen atoms in total. The first kappa shape index (κ1) is 16.0. The summed E-state index contributed by atoms with van der Waals surface area (Å²) < 4.78 is 29.0. The van der Waals surface area contributed by atoms with Gasteiger partial charge >= 0.3 is 0 Å². The first-order chi connectivity index (χ1) is 8.99. The van der Waals surface area contributed by atoms with Gasteiger partial charge in [-0.05, 0) is 36.6 Å². The lowest BCUT2D eigenvalue weighted by molar-refractivity contribution is 0.238. The fourth-order valence-corrected chi connectivity index (χ4v) is 2.74. The highest BCUT2D eigenvalue weighted by Crippen LogP contribution is 2.19. The predicted molar refractivity (Wildman–Crippen MR) is 74.6 cm³/mol. The second-order valence-corrected chi connectivity index (χ2v) is 6.26. The fourth-order valence-electron chi connectivity index (χ4n) is 1.76. The number of hydrogen-bond acceptors (Lipinski definition) is 4. The summed E-state index contributed by atoms with van der Waals surface area (Å²) in [4.78, 5) is 0.0793. The zero-order valence-electron chi connectivity index (χ0n) is 11.5. The Balaban J connectivity index is 2.61. The lowest BCUT2D eigenvalue weighted by atomic mass is 10.0. The van der Waals surface area contributed by atoms with Crippen molar-refractivity contribution in [2.75, 3.05) is 6.61 Å². The SMILES string of the molecule is CCCCC(CC)COS(=O)(=O)c1ccc(O)cc1. The molecular formula is C14H22O4S. The Hall–Kier alpha value is -1.07. The van der Waals surface area contributed by atoms with E-state index in [1.807, 2.05) is 6.92 Å². The smallest absolute Gasteiger partial charge is 0.296 e. The van der Waals surface area contributed by atoms with Crippen LogP contribution in [0, 0.1) is 5.92 Å². The molecule has 19 heavy (non-hydrogen) atoms. The van der Waals surface area contributed by atoms with E-state index < -0.39 is 10.1 Å². The molecule has 1 aromatic carbocycles. The lowest BCUT2D eigenvalue weighted by Gasteiger charge is -2.14. The van der Waals surface area contributed by atoms with Crippen LogP contribution in [0.4, 0.5) is 0 Å². The van der Waals surface area contributed by atoms with Crippen molar-refractivity contribution in [3.8, 4) is 5.75 Å². The highest BCUT2D eigenvalue weighted by atomic mass is 32.2. The number of aromatic hydroxyl groups is 1. The summed E-state index contributed by atoms with van der Waals surface area (Å²) in [5.74, 6) is 0.306. The van der Waals surface area contributed by atoms with Crippen LogP contribution in [0.3, 0.4) is 0 Å². The summed E-state index contributed by atoms with van der Waals surface area (Å²) in [7, 11) is -3.72. The molecule has 1 N–H and O–H groups in total. The molecule has 108 valence electrons. The number of hydrogen-bond donors (Lipinski definition) is 1. The van der Waals surface area contributed by atoms with Crippen molar-refractivity contribution in [1.82, 2.24) is 0 Å². The third-order valence-electron chi connectivity index (χ3n) is 3.13. The molecule has 1 rings (SSSR count). The first-order valence-electron chi connectivity index (χ1n) is 6.68. The van der Waals surface area contributed by atoms with Gasteiger partial charge in [0, 0.05) is 0 Å². The summed E-state index contributed by atoms with van der Waals surface area (Å²) in [6.45, 7) is 4.37. The zero-order chi connectivity index (χ0) is 14.3. The normalized spacial score (nSPS) is 13.4. The number of benzene rings is 1. The molecular weight excluding hydrogens is 264 g/mol. The Morgan fingerprint density at radius 3 is 2.37 bits per heavy atom. The molecule has 0 saturated heterocycles. The van der Waals surface area contributed by atoms with E-state index >= 15 is 0 Å². The van der Waals surface area contributed by atoms with Crippen molar-refractivity contribution < 1.29 is 17.7 Å². The minimum absolute atomic E-state index is 0.0355. The van der Waals surface area contributed by atoms with Gasteiger partial charge in [0.05, 0.1) is 11.5 Å². The molecule has 1 aromatic rings. The van der Waals surface area contributed by atoms with Gasteiger partial charge in [0.25, 0.3) is 10.1 Å². The molecule has 0 aliphatic heterocycles. The molecule has 5 heteroatoms. The number of rotatable bonds is 8. The Morgan fingerprint density at radius 2 is 1.84 bits per heavy atom. The maximum Gasteiger partial charge on any atom is 0.296 e. The molecule has 0 fully saturated rings. The average Bonchev–Trinajstić information content (AvgIpc) is 2.39. The quantitative estimate of drug-likeness (QED) is 0.745. The minimum Gasteiger partial charge on any atom is -0.508 e. The van der Waals surface area contributed by atoms with Crippen LogP contribution in [0.2, 0.25) is 0 Å². The van der Waals surface area contributed by atoms with Crippen molar-refractivity contribution in [1.29, 1.82) is 0 Å². The molecule has 0 aliphatic carbocycles. The van der Waals surface area contributed by atoms with Gasteiger partial charge in [-0.15, -0.1) is 0 Å². The van der Waals surface area contributed by atoms with E-state index in [9.17, 15) is 8.42 Å². The van der Waals surface area contributed by atoms with Crippen LogP contribution in [0.5, 0.6) is 5.75 Å². The van der Waals surface area contributed by atoms with Crippen molar-refractivity contribution in [2.45, 2.75) is 44.4 Å². The summed E-state index contributed by atoms with van der Waals surface area (Å²) >= 11 is 0. The van der Waals surface area contributed by atoms with Gasteiger partial charge in [0.1, 0.15) is 5.75 Å². The van der Waals surface area contributed by atoms with Crippen LogP contribution in [0.1, 0.15) is 39.5 Å². The zero-order valence-corrected chi connectivity index (χ0v) is 12.3. The number of unbranched alkanes of at least 4 members (excludes halogenated alkanes) is 1. The second-order valence-electron chi connectivity index (χ2n) is 4.65. The maximum atomic E-state index is 11.9. The Kier molecular flexibility index (Phi) is 6.31. The topological polar surface area (TPSA) is 63.6 Å². The maximum absolute atomic E-state index is 11.9. The molecule has 0 saturated carbocycles. The van der Waals surface area contributed by atoms with Gasteiger partial charge in [0.2, 0.25) is 0 Å². The van der Waals surface area contributed by atoms with Crippen LogP contribution < -0.4 is 0 Å². The highest BCUT2D eigenvalue weighted by molar-refractivity contribution is 7.86. The van der Waals surface area contributed by atoms with E-state index in [2.05, 4.69) is 6.92 Å². The van der Waals surface area contributed by atoms with Gasteiger partial charge < -0.3 is 5.11 Å². The number of phenols is 1. The van der Waals surface area contributed by atoms with E-state index in [0.717, 1.165) is 25.7 Å². The third kappa shape index (κ3) is 5.20. The van der Waals surface area contributed by atoms with E-state index in [0.29, 0.717) is 0 Å². The molecule has 0 heterocycles. The summed E-state index contributed by atoms with van der Waals surface area (Å²) in [6.07, 6.45) is 4.07. The van der Waals surface area contributed by atoms with E-state index in [1.54, 1.807) is 0 Å². The van der Waals surface area contributed by atoms with Gasteiger partial charge in [-0.25, -0.2) is 0 Å². The average molecular weight is 286 g/mol. The van der Waals surface area contributed by atoms with Crippen molar-refractivity contribution >= 4 is 10.1 Å². The molecule has 0 aromatic heterocycles. The summed E-state index contributed by atoms with van der Waals surface area (Å²) in [5.41, 5.74) is 0. The van der Waals surface area contributed by atoms with Crippen LogP contribution in [-0.2, 0) is 14.3 Å². The first-order valence-corrected chi connectivity index (χ1v) is 8.08. The lowest BCUT2D eigenvalue weighted by Crippen LogP contribution is -2.14. The van der Waals surface area contributed by atoms with E-state index in [1.165, 1.54) is 24.3 Å². The molecule has 1 atom stereocenters. The Labute approximate surface area is 115 Å². The van der Waals surface area contributed by atoms with E-state index in [4.69, 9.17) is 9.29 Å². The highest BCUT2D eigenvalue weighted by Gasteiger charge is 2.17. The van der Waals surface area contributed by atoms with Gasteiger partial charge in [0.15, 0.2) is 0 Å². The Bertz CT molecular complexity index is 465. The van der Waals surface area contributed by atoms with Crippen LogP contribution in [-0.4, -0.2) is 20.1 Å². The molecule has 0 spiro atoms. The molecule has 0 aliphatic rings. The minimum atomic E-state index is -3.72. The Morgan fingerprint density at radius 1 is 1.21 bits per heavy atom. The third-order valence-corrected chi connectivity index (χ3v) is 4.42. The van der Waals surface area contributed by atoms with Crippen molar-refractivity contribution in [2.24, 2.45) is 5.92 Å². The van der Waals surface area contributed by atoms with Crippen LogP contribution in [0.25, 0.3) is 0 Å². The summed E-state index contributed by atoms with van der Waals surface area (Å²) in [5, 5.41) is 9.14. The molecule has 0 amide bonds. The van der Waals surface area contributed by atoms with Crippen LogP contribution >= 0.6 is 0 Å². The second kappa shape index (κ2) is 7.50. The fraction of sp³-hybridized carbons (Fsp3) is 0.571. The largest absolute Gasteiger partial charge is 0.508 e. The van der Waals surface area contributed by atoms with Crippen molar-refractivity contribution in [3.63, 3.8) is 0 Å². The number of phenolic OH excluding ortho intramolecular Hbond substituents is 1. The van der Waals surface area contributed by atoms with Gasteiger partial charge in [-0.3, -0.25) is 4.18 Å². The van der Waals surface area contributed by atoms with E-state index in [-0.39, 0.29) is 23.2 Å². The summed E-state index contributed by atoms with van der Waals surface area (Å²) in [6, 6.07) is 5.37. The van der Waals surface area contributed by atoms with Crippen LogP contribution in [0.15, 0.2) is 29.2 Å². The molecule has 0 bridgehead atoms. The van der Waals surface area contributed by atoms with Gasteiger partial charge in [-0.1, -0.05) is 33.1 Å². The van der Waals surface area contributed by atoms with Crippen molar-refractivity contribution in [3.05, 3.63) is 24.3 Å². The standard InChI is InChI=1S/C14H22O4S/c1-3-5-6-12(4-2)11-18-19(16,17)14-9-7-13(15)8-10-14/h7-10,12,15H,3-6,11H2,1-2H3.